The Labute approximate surface area is 184 Å². The van der Waals surface area contributed by atoms with Crippen LogP contribution in [0, 0.1) is 28.9 Å². The molecule has 6 nitrogen and oxygen atoms in total. The minimum atomic E-state index is -1.12. The minimum Gasteiger partial charge on any atom is -0.368 e. The lowest BCUT2D eigenvalue weighted by Gasteiger charge is -2.27. The van der Waals surface area contributed by atoms with Gasteiger partial charge in [0.15, 0.2) is 0 Å². The van der Waals surface area contributed by atoms with Crippen molar-refractivity contribution in [2.75, 3.05) is 24.7 Å². The van der Waals surface area contributed by atoms with Crippen LogP contribution >= 0.6 is 0 Å². The molecule has 1 saturated carbocycles. The monoisotopic (exact) mass is 443 g/mol. The van der Waals surface area contributed by atoms with Crippen LogP contribution in [-0.4, -0.2) is 42.2 Å². The number of hydrogen-bond acceptors (Lipinski definition) is 5. The molecule has 2 fully saturated rings. The van der Waals surface area contributed by atoms with E-state index in [0.717, 1.165) is 31.0 Å². The highest BCUT2D eigenvalue weighted by Gasteiger charge is 2.38. The third-order valence-corrected chi connectivity index (χ3v) is 6.21. The van der Waals surface area contributed by atoms with Gasteiger partial charge in [0.25, 0.3) is 5.91 Å². The molecule has 2 heterocycles. The van der Waals surface area contributed by atoms with E-state index in [-0.39, 0.29) is 40.7 Å². The van der Waals surface area contributed by atoms with Crippen LogP contribution in [0.5, 0.6) is 0 Å². The summed E-state index contributed by atoms with van der Waals surface area (Å²) in [6.45, 7) is 1.56. The first-order valence-corrected chi connectivity index (χ1v) is 10.5. The molecule has 1 aliphatic heterocycles. The van der Waals surface area contributed by atoms with Gasteiger partial charge in [-0.15, -0.1) is 0 Å². The Morgan fingerprint density at radius 1 is 1.38 bits per heavy atom. The van der Waals surface area contributed by atoms with Crippen molar-refractivity contribution in [3.8, 4) is 17.2 Å². The van der Waals surface area contributed by atoms with Crippen molar-refractivity contribution in [1.29, 1.82) is 5.26 Å². The van der Waals surface area contributed by atoms with Crippen molar-refractivity contribution in [3.63, 3.8) is 0 Å². The zero-order valence-electron chi connectivity index (χ0n) is 17.7. The van der Waals surface area contributed by atoms with E-state index >= 15 is 0 Å². The van der Waals surface area contributed by atoms with Crippen LogP contribution in [-0.2, 0) is 0 Å². The van der Waals surface area contributed by atoms with Gasteiger partial charge in [0.1, 0.15) is 30.1 Å². The number of anilines is 1. The number of nitrogens with two attached hydrogens (primary N) is 1. The van der Waals surface area contributed by atoms with Crippen LogP contribution in [0.1, 0.15) is 42.2 Å². The standard InChI is InChI=1S/C23H24F3N5O/c1-13(14-2-3-14)30-22(32)18-10-29-19(9-27)20(15-6-16(25)8-17(26)7-15)21(18)31-5-4-23(28,11-24)12-31/h6-8,10,13-14H,2-5,11-12,28H2,1H3,(H,30,32)/t13?,23-/m1/s1. The average Bonchev–Trinajstić information content (AvgIpc) is 3.54. The van der Waals surface area contributed by atoms with Crippen LogP contribution in [0.2, 0.25) is 0 Å². The first-order chi connectivity index (χ1) is 15.2. The third-order valence-electron chi connectivity index (χ3n) is 6.21. The van der Waals surface area contributed by atoms with Crippen LogP contribution in [0.15, 0.2) is 24.4 Å². The van der Waals surface area contributed by atoms with Gasteiger partial charge in [-0.3, -0.25) is 4.79 Å². The molecule has 1 aliphatic carbocycles. The zero-order valence-corrected chi connectivity index (χ0v) is 17.7. The van der Waals surface area contributed by atoms with Gasteiger partial charge in [0.05, 0.1) is 16.8 Å². The summed E-state index contributed by atoms with van der Waals surface area (Å²) in [6.07, 6.45) is 3.68. The van der Waals surface area contributed by atoms with Crippen molar-refractivity contribution in [1.82, 2.24) is 10.3 Å². The van der Waals surface area contributed by atoms with E-state index in [1.165, 1.54) is 6.20 Å². The van der Waals surface area contributed by atoms with Gasteiger partial charge in [-0.05, 0) is 49.8 Å². The minimum absolute atomic E-state index is 0.0564. The first-order valence-electron chi connectivity index (χ1n) is 10.5. The second-order valence-electron chi connectivity index (χ2n) is 8.78. The number of pyridine rings is 1. The summed E-state index contributed by atoms with van der Waals surface area (Å²) in [4.78, 5) is 19.0. The molecule has 3 N–H and O–H groups in total. The predicted molar refractivity (Wildman–Crippen MR) is 114 cm³/mol. The van der Waals surface area contributed by atoms with E-state index in [0.29, 0.717) is 18.9 Å². The van der Waals surface area contributed by atoms with Crippen molar-refractivity contribution >= 4 is 11.6 Å². The maximum atomic E-state index is 14.1. The Kier molecular flexibility index (Phi) is 5.82. The van der Waals surface area contributed by atoms with Crippen LogP contribution in [0.3, 0.4) is 0 Å². The topological polar surface area (TPSA) is 95.0 Å². The highest BCUT2D eigenvalue weighted by molar-refractivity contribution is 6.04. The zero-order chi connectivity index (χ0) is 23.0. The van der Waals surface area contributed by atoms with E-state index in [4.69, 9.17) is 5.73 Å². The van der Waals surface area contributed by atoms with Gasteiger partial charge in [0.2, 0.25) is 0 Å². The molecule has 0 radical (unpaired) electrons. The molecule has 2 atom stereocenters. The molecule has 2 aromatic rings. The maximum Gasteiger partial charge on any atom is 0.255 e. The second-order valence-corrected chi connectivity index (χ2v) is 8.78. The summed E-state index contributed by atoms with van der Waals surface area (Å²) < 4.78 is 41.7. The number of nitriles is 1. The number of amides is 1. The molecule has 32 heavy (non-hydrogen) atoms. The lowest BCUT2D eigenvalue weighted by molar-refractivity contribution is 0.0936. The molecule has 0 spiro atoms. The van der Waals surface area contributed by atoms with Crippen LogP contribution in [0.4, 0.5) is 18.9 Å². The van der Waals surface area contributed by atoms with Crippen LogP contribution in [0.25, 0.3) is 11.1 Å². The Bertz CT molecular complexity index is 1080. The first kappa shape index (κ1) is 22.1. The number of aromatic nitrogens is 1. The van der Waals surface area contributed by atoms with Gasteiger partial charge in [-0.1, -0.05) is 0 Å². The van der Waals surface area contributed by atoms with Crippen molar-refractivity contribution in [2.45, 2.75) is 37.8 Å². The molecule has 4 rings (SSSR count). The molecule has 9 heteroatoms. The highest BCUT2D eigenvalue weighted by atomic mass is 19.1. The normalized spacial score (nSPS) is 21.3. The number of nitrogens with zero attached hydrogens (tertiary/aromatic N) is 3. The van der Waals surface area contributed by atoms with E-state index < -0.39 is 29.8 Å². The van der Waals surface area contributed by atoms with Crippen molar-refractivity contribution < 1.29 is 18.0 Å². The average molecular weight is 443 g/mol. The summed E-state index contributed by atoms with van der Waals surface area (Å²) in [7, 11) is 0. The molecule has 168 valence electrons. The van der Waals surface area contributed by atoms with Gasteiger partial charge in [0, 0.05) is 37.0 Å². The SMILES string of the molecule is CC(NC(=O)c1cnc(C#N)c(-c2cc(F)cc(F)c2)c1N1CC[C@@](N)(CF)C1)C1CC1. The van der Waals surface area contributed by atoms with E-state index in [1.54, 1.807) is 4.90 Å². The molecule has 1 saturated heterocycles. The van der Waals surface area contributed by atoms with E-state index in [2.05, 4.69) is 10.3 Å². The Morgan fingerprint density at radius 2 is 2.06 bits per heavy atom. The lowest BCUT2D eigenvalue weighted by atomic mass is 9.97. The number of hydrogen-bond donors (Lipinski definition) is 2. The quantitative estimate of drug-likeness (QED) is 0.714. The second kappa shape index (κ2) is 8.43. The smallest absolute Gasteiger partial charge is 0.255 e. The molecular weight excluding hydrogens is 419 g/mol. The Morgan fingerprint density at radius 3 is 2.62 bits per heavy atom. The number of carbonyl (C=O) groups is 1. The molecule has 1 aromatic carbocycles. The van der Waals surface area contributed by atoms with Gasteiger partial charge in [-0.2, -0.15) is 5.26 Å². The van der Waals surface area contributed by atoms with Crippen molar-refractivity contribution in [2.24, 2.45) is 11.7 Å². The summed E-state index contributed by atoms with van der Waals surface area (Å²) in [5, 5.41) is 12.6. The predicted octanol–water partition coefficient (Wildman–Crippen LogP) is 3.30. The fourth-order valence-electron chi connectivity index (χ4n) is 4.25. The van der Waals surface area contributed by atoms with E-state index in [9.17, 15) is 23.2 Å². The number of benzene rings is 1. The van der Waals surface area contributed by atoms with Crippen molar-refractivity contribution in [3.05, 3.63) is 47.3 Å². The Hall–Kier alpha value is -3.12. The number of halogens is 3. The molecule has 1 unspecified atom stereocenters. The maximum absolute atomic E-state index is 14.1. The lowest BCUT2D eigenvalue weighted by Crippen LogP contribution is -2.45. The van der Waals surface area contributed by atoms with Gasteiger partial charge < -0.3 is 16.0 Å². The molecule has 0 bridgehead atoms. The summed E-state index contributed by atoms with van der Waals surface area (Å²) in [5.41, 5.74) is 5.55. The third kappa shape index (κ3) is 4.28. The summed E-state index contributed by atoms with van der Waals surface area (Å²) in [6, 6.07) is 4.78. The largest absolute Gasteiger partial charge is 0.368 e. The highest BCUT2D eigenvalue weighted by Crippen LogP contribution is 2.40. The molecule has 2 aliphatic rings. The number of carbonyl (C=O) groups excluding carboxylic acids is 1. The number of alkyl halides is 1. The molecule has 1 amide bonds. The molecular formula is C23H24F3N5O. The fourth-order valence-corrected chi connectivity index (χ4v) is 4.25. The van der Waals surface area contributed by atoms with Gasteiger partial charge in [-0.25, -0.2) is 18.2 Å². The van der Waals surface area contributed by atoms with Crippen LogP contribution < -0.4 is 16.0 Å². The summed E-state index contributed by atoms with van der Waals surface area (Å²) in [5.74, 6) is -1.67. The Balaban J connectivity index is 1.88. The van der Waals surface area contributed by atoms with E-state index in [1.807, 2.05) is 13.0 Å². The van der Waals surface area contributed by atoms with Gasteiger partial charge >= 0.3 is 0 Å². The fraction of sp³-hybridized carbons (Fsp3) is 0.435. The summed E-state index contributed by atoms with van der Waals surface area (Å²) >= 11 is 0. The number of nitrogens with one attached hydrogen (secondary N) is 1. The molecule has 1 aromatic heterocycles. The number of rotatable bonds is 6.